The molecule has 0 aliphatic carbocycles. The molecule has 0 saturated heterocycles. The smallest absolute Gasteiger partial charge is 0.127 e. The fourth-order valence-corrected chi connectivity index (χ4v) is 2.66. The minimum absolute atomic E-state index is 0.0713. The number of ether oxygens (including phenoxy) is 1. The van der Waals surface area contributed by atoms with Crippen LogP contribution in [0.3, 0.4) is 0 Å². The SMILES string of the molecule is Cc1c(C)c(C)c2c(c1C)OC(C)(C)C2C. The van der Waals surface area contributed by atoms with Gasteiger partial charge in [-0.15, -0.1) is 0 Å². The summed E-state index contributed by atoms with van der Waals surface area (Å²) in [7, 11) is 0. The van der Waals surface area contributed by atoms with Crippen molar-refractivity contribution in [2.24, 2.45) is 0 Å². The fraction of sp³-hybridized carbons (Fsp3) is 0.600. The Labute approximate surface area is 98.8 Å². The maximum Gasteiger partial charge on any atom is 0.127 e. The maximum absolute atomic E-state index is 6.15. The zero-order valence-electron chi connectivity index (χ0n) is 11.5. The van der Waals surface area contributed by atoms with Crippen molar-refractivity contribution >= 4 is 0 Å². The van der Waals surface area contributed by atoms with E-state index in [1.807, 2.05) is 0 Å². The van der Waals surface area contributed by atoms with Gasteiger partial charge < -0.3 is 4.74 Å². The van der Waals surface area contributed by atoms with E-state index in [0.717, 1.165) is 5.75 Å². The number of fused-ring (bicyclic) bond motifs is 1. The number of benzene rings is 1. The third-order valence-corrected chi connectivity index (χ3v) is 4.52. The average molecular weight is 218 g/mol. The van der Waals surface area contributed by atoms with Crippen LogP contribution in [-0.2, 0) is 0 Å². The number of rotatable bonds is 0. The highest BCUT2D eigenvalue weighted by Crippen LogP contribution is 2.49. The summed E-state index contributed by atoms with van der Waals surface area (Å²) in [5.74, 6) is 1.61. The molecule has 1 aliphatic heterocycles. The molecule has 2 rings (SSSR count). The van der Waals surface area contributed by atoms with Gasteiger partial charge >= 0.3 is 0 Å². The fourth-order valence-electron chi connectivity index (χ4n) is 2.66. The first-order chi connectivity index (χ1) is 7.27. The lowest BCUT2D eigenvalue weighted by Gasteiger charge is -2.23. The molecule has 0 bridgehead atoms. The van der Waals surface area contributed by atoms with Crippen LogP contribution < -0.4 is 4.74 Å². The standard InChI is InChI=1S/C15H22O/c1-8-9(2)11(4)14-13(10(8)3)12(5)15(6,7)16-14/h12H,1-7H3. The molecule has 1 unspecified atom stereocenters. The van der Waals surface area contributed by atoms with Crippen LogP contribution >= 0.6 is 0 Å². The molecule has 0 amide bonds. The summed E-state index contributed by atoms with van der Waals surface area (Å²) < 4.78 is 6.15. The first-order valence-electron chi connectivity index (χ1n) is 6.06. The second-order valence-electron chi connectivity index (χ2n) is 5.67. The first kappa shape index (κ1) is 11.5. The Morgan fingerprint density at radius 1 is 0.875 bits per heavy atom. The Morgan fingerprint density at radius 3 is 1.94 bits per heavy atom. The van der Waals surface area contributed by atoms with E-state index in [9.17, 15) is 0 Å². The normalized spacial score (nSPS) is 21.8. The lowest BCUT2D eigenvalue weighted by atomic mass is 9.83. The molecule has 0 radical (unpaired) electrons. The van der Waals surface area contributed by atoms with Gasteiger partial charge in [0.1, 0.15) is 11.4 Å². The topological polar surface area (TPSA) is 9.23 Å². The molecule has 0 aromatic heterocycles. The van der Waals surface area contributed by atoms with E-state index in [0.29, 0.717) is 5.92 Å². The van der Waals surface area contributed by atoms with Crippen LogP contribution in [0.4, 0.5) is 0 Å². The summed E-state index contributed by atoms with van der Waals surface area (Å²) in [6, 6.07) is 0. The summed E-state index contributed by atoms with van der Waals surface area (Å²) in [5, 5.41) is 0. The van der Waals surface area contributed by atoms with Crippen molar-refractivity contribution in [2.45, 2.75) is 60.0 Å². The molecule has 0 N–H and O–H groups in total. The van der Waals surface area contributed by atoms with Crippen LogP contribution in [0.5, 0.6) is 5.75 Å². The zero-order valence-corrected chi connectivity index (χ0v) is 11.5. The van der Waals surface area contributed by atoms with Gasteiger partial charge in [0.2, 0.25) is 0 Å². The Kier molecular flexibility index (Phi) is 2.34. The summed E-state index contributed by atoms with van der Waals surface area (Å²) in [6.07, 6.45) is 0. The number of hydrogen-bond acceptors (Lipinski definition) is 1. The predicted octanol–water partition coefficient (Wildman–Crippen LogP) is 4.19. The Morgan fingerprint density at radius 2 is 1.38 bits per heavy atom. The molecular weight excluding hydrogens is 196 g/mol. The van der Waals surface area contributed by atoms with Gasteiger partial charge in [-0.05, 0) is 63.8 Å². The predicted molar refractivity (Wildman–Crippen MR) is 68.5 cm³/mol. The summed E-state index contributed by atoms with van der Waals surface area (Å²) >= 11 is 0. The van der Waals surface area contributed by atoms with Gasteiger partial charge in [-0.3, -0.25) is 0 Å². The van der Waals surface area contributed by atoms with Gasteiger partial charge in [-0.25, -0.2) is 0 Å². The second kappa shape index (κ2) is 3.26. The third kappa shape index (κ3) is 1.30. The van der Waals surface area contributed by atoms with Gasteiger partial charge in [0.05, 0.1) is 0 Å². The molecule has 16 heavy (non-hydrogen) atoms. The highest BCUT2D eigenvalue weighted by molar-refractivity contribution is 5.58. The van der Waals surface area contributed by atoms with Gasteiger partial charge in [0.25, 0.3) is 0 Å². The van der Waals surface area contributed by atoms with E-state index in [-0.39, 0.29) is 5.60 Å². The first-order valence-corrected chi connectivity index (χ1v) is 6.06. The van der Waals surface area contributed by atoms with Crippen molar-refractivity contribution in [2.75, 3.05) is 0 Å². The molecule has 1 aromatic carbocycles. The van der Waals surface area contributed by atoms with Crippen molar-refractivity contribution in [3.05, 3.63) is 27.8 Å². The molecular formula is C15H22O. The summed E-state index contributed by atoms with van der Waals surface area (Å²) in [5.41, 5.74) is 6.88. The molecule has 1 heterocycles. The van der Waals surface area contributed by atoms with E-state index in [4.69, 9.17) is 4.74 Å². The van der Waals surface area contributed by atoms with Crippen molar-refractivity contribution in [1.82, 2.24) is 0 Å². The quantitative estimate of drug-likeness (QED) is 0.634. The van der Waals surface area contributed by atoms with Crippen molar-refractivity contribution in [3.63, 3.8) is 0 Å². The molecule has 1 aliphatic rings. The molecule has 0 spiro atoms. The average Bonchev–Trinajstić information content (AvgIpc) is 2.45. The minimum Gasteiger partial charge on any atom is -0.487 e. The summed E-state index contributed by atoms with van der Waals surface area (Å²) in [6.45, 7) is 15.4. The maximum atomic E-state index is 6.15. The molecule has 0 saturated carbocycles. The van der Waals surface area contributed by atoms with Gasteiger partial charge in [0.15, 0.2) is 0 Å². The molecule has 88 valence electrons. The molecule has 1 nitrogen and oxygen atoms in total. The lowest BCUT2D eigenvalue weighted by molar-refractivity contribution is 0.115. The van der Waals surface area contributed by atoms with Crippen molar-refractivity contribution in [1.29, 1.82) is 0 Å². The highest BCUT2D eigenvalue weighted by atomic mass is 16.5. The van der Waals surface area contributed by atoms with Crippen molar-refractivity contribution < 1.29 is 4.74 Å². The van der Waals surface area contributed by atoms with Crippen LogP contribution in [0.1, 0.15) is 54.5 Å². The van der Waals surface area contributed by atoms with E-state index in [1.54, 1.807) is 0 Å². The Bertz CT molecular complexity index is 455. The van der Waals surface area contributed by atoms with Gasteiger partial charge in [0, 0.05) is 11.5 Å². The monoisotopic (exact) mass is 218 g/mol. The number of hydrogen-bond donors (Lipinski definition) is 0. The summed E-state index contributed by atoms with van der Waals surface area (Å²) in [4.78, 5) is 0. The molecule has 0 fully saturated rings. The van der Waals surface area contributed by atoms with E-state index in [2.05, 4.69) is 48.5 Å². The molecule has 1 aromatic rings. The van der Waals surface area contributed by atoms with Crippen LogP contribution in [0.2, 0.25) is 0 Å². The van der Waals surface area contributed by atoms with E-state index >= 15 is 0 Å². The largest absolute Gasteiger partial charge is 0.487 e. The Balaban J connectivity index is 2.76. The minimum atomic E-state index is -0.0713. The van der Waals surface area contributed by atoms with Gasteiger partial charge in [-0.2, -0.15) is 0 Å². The van der Waals surface area contributed by atoms with Crippen LogP contribution in [0.15, 0.2) is 0 Å². The third-order valence-electron chi connectivity index (χ3n) is 4.52. The lowest BCUT2D eigenvalue weighted by Crippen LogP contribution is -2.28. The molecule has 1 atom stereocenters. The van der Waals surface area contributed by atoms with Crippen LogP contribution in [0.25, 0.3) is 0 Å². The highest BCUT2D eigenvalue weighted by Gasteiger charge is 2.40. The zero-order chi connectivity index (χ0) is 12.2. The van der Waals surface area contributed by atoms with E-state index < -0.39 is 0 Å². The molecule has 1 heteroatoms. The van der Waals surface area contributed by atoms with Gasteiger partial charge in [-0.1, -0.05) is 6.92 Å². The second-order valence-corrected chi connectivity index (χ2v) is 5.67. The van der Waals surface area contributed by atoms with Crippen molar-refractivity contribution in [3.8, 4) is 5.75 Å². The van der Waals surface area contributed by atoms with E-state index in [1.165, 1.54) is 27.8 Å². The van der Waals surface area contributed by atoms with Crippen LogP contribution in [0, 0.1) is 27.7 Å². The van der Waals surface area contributed by atoms with Crippen LogP contribution in [-0.4, -0.2) is 5.60 Å². The Hall–Kier alpha value is -0.980.